The van der Waals surface area contributed by atoms with Crippen LogP contribution in [0.5, 0.6) is 5.75 Å². The summed E-state index contributed by atoms with van der Waals surface area (Å²) in [6.45, 7) is 4.25. The molecule has 1 saturated heterocycles. The van der Waals surface area contributed by atoms with E-state index in [2.05, 4.69) is 21.3 Å². The maximum atomic E-state index is 13.6. The summed E-state index contributed by atoms with van der Waals surface area (Å²) in [5, 5.41) is 21.0. The molecule has 204 valence electrons. The van der Waals surface area contributed by atoms with Crippen LogP contribution in [0.25, 0.3) is 0 Å². The Bertz CT molecular complexity index is 1100. The first-order valence-electron chi connectivity index (χ1n) is 12.9. The molecule has 4 atom stereocenters. The minimum absolute atomic E-state index is 0.0858. The molecule has 0 radical (unpaired) electrons. The van der Waals surface area contributed by atoms with Gasteiger partial charge in [-0.15, -0.1) is 0 Å². The molecule has 10 nitrogen and oxygen atoms in total. The van der Waals surface area contributed by atoms with E-state index < -0.39 is 41.9 Å². The van der Waals surface area contributed by atoms with Gasteiger partial charge in [0.05, 0.1) is 6.04 Å². The van der Waals surface area contributed by atoms with Gasteiger partial charge in [-0.05, 0) is 48.6 Å². The molecule has 0 aliphatic carbocycles. The first-order chi connectivity index (χ1) is 18.1. The van der Waals surface area contributed by atoms with E-state index in [9.17, 15) is 24.3 Å². The Kier molecular flexibility index (Phi) is 10.2. The first kappa shape index (κ1) is 28.6. The fourth-order valence-electron chi connectivity index (χ4n) is 4.41. The van der Waals surface area contributed by atoms with E-state index in [4.69, 9.17) is 5.73 Å². The Labute approximate surface area is 222 Å². The molecular weight excluding hydrogens is 486 g/mol. The lowest BCUT2D eigenvalue weighted by molar-refractivity contribution is -0.133. The number of hydrogen-bond donors (Lipinski definition) is 6. The third kappa shape index (κ3) is 8.31. The molecule has 38 heavy (non-hydrogen) atoms. The summed E-state index contributed by atoms with van der Waals surface area (Å²) >= 11 is 0. The smallest absolute Gasteiger partial charge is 0.243 e. The number of carbonyl (C=O) groups is 4. The average Bonchev–Trinajstić information content (AvgIpc) is 3.43. The summed E-state index contributed by atoms with van der Waals surface area (Å²) in [5.41, 5.74) is 7.02. The van der Waals surface area contributed by atoms with Crippen LogP contribution in [0.15, 0.2) is 54.6 Å². The normalized spacial score (nSPS) is 17.3. The van der Waals surface area contributed by atoms with Gasteiger partial charge in [0.2, 0.25) is 23.6 Å². The number of aromatic hydroxyl groups is 1. The average molecular weight is 524 g/mol. The maximum Gasteiger partial charge on any atom is 0.243 e. The van der Waals surface area contributed by atoms with Crippen LogP contribution < -0.4 is 27.0 Å². The summed E-state index contributed by atoms with van der Waals surface area (Å²) < 4.78 is 0. The van der Waals surface area contributed by atoms with Crippen molar-refractivity contribution in [2.75, 3.05) is 6.54 Å². The van der Waals surface area contributed by atoms with Gasteiger partial charge in [0.25, 0.3) is 0 Å². The molecule has 1 aliphatic rings. The summed E-state index contributed by atoms with van der Waals surface area (Å²) in [6, 6.07) is 12.2. The van der Waals surface area contributed by atoms with Gasteiger partial charge in [-0.3, -0.25) is 19.2 Å². The van der Waals surface area contributed by atoms with Crippen LogP contribution in [0, 0.1) is 5.92 Å². The summed E-state index contributed by atoms with van der Waals surface area (Å²) in [4.78, 5) is 51.6. The molecule has 3 rings (SSSR count). The molecular formula is C28H37N5O5. The van der Waals surface area contributed by atoms with Crippen LogP contribution in [0.1, 0.15) is 37.8 Å². The Balaban J connectivity index is 1.82. The Morgan fingerprint density at radius 2 is 1.47 bits per heavy atom. The van der Waals surface area contributed by atoms with Crippen molar-refractivity contribution in [1.82, 2.24) is 21.3 Å². The van der Waals surface area contributed by atoms with Gasteiger partial charge in [0.15, 0.2) is 0 Å². The van der Waals surface area contributed by atoms with Crippen LogP contribution in [0.4, 0.5) is 0 Å². The highest BCUT2D eigenvalue weighted by Gasteiger charge is 2.32. The number of phenols is 1. The highest BCUT2D eigenvalue weighted by Crippen LogP contribution is 2.13. The van der Waals surface area contributed by atoms with Gasteiger partial charge in [-0.2, -0.15) is 0 Å². The highest BCUT2D eigenvalue weighted by atomic mass is 16.3. The molecule has 0 aromatic heterocycles. The molecule has 0 spiro atoms. The van der Waals surface area contributed by atoms with Crippen molar-refractivity contribution in [2.45, 2.75) is 63.7 Å². The number of amides is 4. The predicted octanol–water partition coefficient (Wildman–Crippen LogP) is 0.525. The van der Waals surface area contributed by atoms with Gasteiger partial charge < -0.3 is 32.1 Å². The molecule has 4 amide bonds. The lowest BCUT2D eigenvalue weighted by atomic mass is 10.00. The molecule has 2 aromatic carbocycles. The molecule has 1 heterocycles. The van der Waals surface area contributed by atoms with Gasteiger partial charge in [-0.1, -0.05) is 56.3 Å². The van der Waals surface area contributed by atoms with Gasteiger partial charge in [0, 0.05) is 12.8 Å². The van der Waals surface area contributed by atoms with Gasteiger partial charge >= 0.3 is 0 Å². The SMILES string of the molecule is CC(C)[C@H](NC(=O)[C@H](Cc1ccccc1)NC(=O)[C@H](Cc1ccc(O)cc1)NC(=O)[C@@H]1CCCN1)C(N)=O. The second kappa shape index (κ2) is 13.6. The number of nitrogens with two attached hydrogens (primary N) is 1. The fourth-order valence-corrected chi connectivity index (χ4v) is 4.41. The fraction of sp³-hybridized carbons (Fsp3) is 0.429. The van der Waals surface area contributed by atoms with Crippen molar-refractivity contribution in [3.05, 3.63) is 65.7 Å². The van der Waals surface area contributed by atoms with E-state index in [-0.39, 0.29) is 30.4 Å². The molecule has 7 N–H and O–H groups in total. The Morgan fingerprint density at radius 3 is 2.03 bits per heavy atom. The molecule has 0 bridgehead atoms. The van der Waals surface area contributed by atoms with Crippen molar-refractivity contribution in [3.63, 3.8) is 0 Å². The van der Waals surface area contributed by atoms with E-state index in [0.29, 0.717) is 6.42 Å². The summed E-state index contributed by atoms with van der Waals surface area (Å²) in [6.07, 6.45) is 1.86. The molecule has 0 saturated carbocycles. The minimum atomic E-state index is -1.02. The molecule has 10 heteroatoms. The topological polar surface area (TPSA) is 163 Å². The van der Waals surface area contributed by atoms with E-state index in [0.717, 1.165) is 24.1 Å². The van der Waals surface area contributed by atoms with Crippen molar-refractivity contribution in [3.8, 4) is 5.75 Å². The molecule has 0 unspecified atom stereocenters. The van der Waals surface area contributed by atoms with E-state index in [1.165, 1.54) is 12.1 Å². The number of nitrogens with one attached hydrogen (secondary N) is 4. The number of primary amides is 1. The molecule has 1 aliphatic heterocycles. The number of phenolic OH excluding ortho intramolecular Hbond substituents is 1. The summed E-state index contributed by atoms with van der Waals surface area (Å²) in [7, 11) is 0. The Hall–Kier alpha value is -3.92. The van der Waals surface area contributed by atoms with Crippen LogP contribution in [0.2, 0.25) is 0 Å². The zero-order chi connectivity index (χ0) is 27.7. The summed E-state index contributed by atoms with van der Waals surface area (Å²) in [5.74, 6) is -2.21. The van der Waals surface area contributed by atoms with E-state index >= 15 is 0 Å². The standard InChI is InChI=1S/C28H37N5O5/c1-17(2)24(25(29)35)33-28(38)23(15-18-7-4-3-5-8-18)32-27(37)22(16-19-10-12-20(34)13-11-19)31-26(36)21-9-6-14-30-21/h3-5,7-8,10-13,17,21-24,30,34H,6,9,14-16H2,1-2H3,(H2,29,35)(H,31,36)(H,32,37)(H,33,38)/t21-,22-,23-,24-/m0/s1. The van der Waals surface area contributed by atoms with Crippen molar-refractivity contribution in [1.29, 1.82) is 0 Å². The minimum Gasteiger partial charge on any atom is -0.508 e. The third-order valence-electron chi connectivity index (χ3n) is 6.57. The van der Waals surface area contributed by atoms with Crippen molar-refractivity contribution in [2.24, 2.45) is 11.7 Å². The largest absolute Gasteiger partial charge is 0.508 e. The van der Waals surface area contributed by atoms with Crippen LogP contribution >= 0.6 is 0 Å². The second-order valence-electron chi connectivity index (χ2n) is 9.96. The number of carbonyl (C=O) groups excluding carboxylic acids is 4. The number of rotatable bonds is 12. The van der Waals surface area contributed by atoms with Gasteiger partial charge in [0.1, 0.15) is 23.9 Å². The zero-order valence-electron chi connectivity index (χ0n) is 21.8. The van der Waals surface area contributed by atoms with E-state index in [1.807, 2.05) is 30.3 Å². The zero-order valence-corrected chi connectivity index (χ0v) is 21.8. The number of hydrogen-bond acceptors (Lipinski definition) is 6. The van der Waals surface area contributed by atoms with Gasteiger partial charge in [-0.25, -0.2) is 0 Å². The molecule has 1 fully saturated rings. The quantitative estimate of drug-likeness (QED) is 0.238. The maximum absolute atomic E-state index is 13.6. The molecule has 2 aromatic rings. The highest BCUT2D eigenvalue weighted by molar-refractivity contribution is 5.95. The van der Waals surface area contributed by atoms with Crippen LogP contribution in [0.3, 0.4) is 0 Å². The number of benzene rings is 2. The first-order valence-corrected chi connectivity index (χ1v) is 12.9. The monoisotopic (exact) mass is 523 g/mol. The third-order valence-corrected chi connectivity index (χ3v) is 6.57. The van der Waals surface area contributed by atoms with Crippen molar-refractivity contribution >= 4 is 23.6 Å². The lowest BCUT2D eigenvalue weighted by Crippen LogP contribution is -2.59. The van der Waals surface area contributed by atoms with Crippen LogP contribution in [-0.2, 0) is 32.0 Å². The van der Waals surface area contributed by atoms with Crippen molar-refractivity contribution < 1.29 is 24.3 Å². The Morgan fingerprint density at radius 1 is 0.895 bits per heavy atom. The van der Waals surface area contributed by atoms with E-state index in [1.54, 1.807) is 26.0 Å². The lowest BCUT2D eigenvalue weighted by Gasteiger charge is -2.26. The van der Waals surface area contributed by atoms with Crippen LogP contribution in [-0.4, -0.2) is 59.4 Å². The predicted molar refractivity (Wildman–Crippen MR) is 143 cm³/mol. The second-order valence-corrected chi connectivity index (χ2v) is 9.96.